The fraction of sp³-hybridized carbons (Fsp3) is 0.632. The second-order valence-corrected chi connectivity index (χ2v) is 7.45. The molecule has 4 atom stereocenters. The van der Waals surface area contributed by atoms with Crippen molar-refractivity contribution in [1.82, 2.24) is 15.5 Å². The van der Waals surface area contributed by atoms with E-state index < -0.39 is 24.0 Å². The van der Waals surface area contributed by atoms with Crippen LogP contribution in [0.15, 0.2) is 16.5 Å². The second kappa shape index (κ2) is 8.56. The number of carbonyl (C=O) groups is 3. The molecule has 1 aromatic heterocycles. The normalized spacial score (nSPS) is 21.9. The quantitative estimate of drug-likeness (QED) is 0.650. The van der Waals surface area contributed by atoms with Crippen molar-refractivity contribution in [3.8, 4) is 0 Å². The average Bonchev–Trinajstić information content (AvgIpc) is 3.23. The number of likely N-dealkylation sites (tertiary alicyclic amines) is 1. The number of rotatable bonds is 7. The monoisotopic (exact) mass is 378 g/mol. The molecule has 0 aliphatic carbocycles. The molecule has 8 nitrogen and oxygen atoms in total. The van der Waals surface area contributed by atoms with Crippen LogP contribution in [0.2, 0.25) is 0 Å². The Morgan fingerprint density at radius 2 is 1.89 bits per heavy atom. The van der Waals surface area contributed by atoms with Crippen molar-refractivity contribution in [1.29, 1.82) is 0 Å². The van der Waals surface area contributed by atoms with E-state index in [2.05, 4.69) is 10.6 Å². The molecule has 3 amide bonds. The number of primary amides is 1. The first-order valence-corrected chi connectivity index (χ1v) is 9.32. The van der Waals surface area contributed by atoms with Crippen LogP contribution in [0.1, 0.15) is 51.2 Å². The summed E-state index contributed by atoms with van der Waals surface area (Å²) < 4.78 is 5.71. The van der Waals surface area contributed by atoms with Crippen molar-refractivity contribution in [3.63, 3.8) is 0 Å². The van der Waals surface area contributed by atoms with Crippen LogP contribution in [-0.4, -0.2) is 47.8 Å². The molecule has 27 heavy (non-hydrogen) atoms. The fourth-order valence-corrected chi connectivity index (χ4v) is 3.39. The van der Waals surface area contributed by atoms with Gasteiger partial charge in [0.1, 0.15) is 23.6 Å². The highest BCUT2D eigenvalue weighted by atomic mass is 16.3. The van der Waals surface area contributed by atoms with Gasteiger partial charge < -0.3 is 25.7 Å². The van der Waals surface area contributed by atoms with Crippen molar-refractivity contribution in [2.45, 2.75) is 64.7 Å². The van der Waals surface area contributed by atoms with E-state index in [1.807, 2.05) is 32.9 Å². The molecule has 1 aliphatic rings. The van der Waals surface area contributed by atoms with Crippen LogP contribution in [0.25, 0.3) is 0 Å². The van der Waals surface area contributed by atoms with Gasteiger partial charge in [-0.05, 0) is 51.8 Å². The summed E-state index contributed by atoms with van der Waals surface area (Å²) in [6, 6.07) is 1.36. The number of amides is 3. The van der Waals surface area contributed by atoms with E-state index in [-0.39, 0.29) is 23.8 Å². The highest BCUT2D eigenvalue weighted by Gasteiger charge is 2.45. The first kappa shape index (κ1) is 21.0. The lowest BCUT2D eigenvalue weighted by Gasteiger charge is -2.33. The van der Waals surface area contributed by atoms with Crippen LogP contribution in [0.4, 0.5) is 0 Å². The SMILES string of the molecule is CN[C@@H](C)C(=O)N[C@H](C(=O)N1C(C(N)=O)CCC1c1ccc(C)o1)C(C)C. The number of hydrogen-bond acceptors (Lipinski definition) is 5. The van der Waals surface area contributed by atoms with Crippen LogP contribution in [0, 0.1) is 12.8 Å². The summed E-state index contributed by atoms with van der Waals surface area (Å²) in [5, 5.41) is 5.66. The minimum absolute atomic E-state index is 0.154. The lowest BCUT2D eigenvalue weighted by Crippen LogP contribution is -2.57. The van der Waals surface area contributed by atoms with Crippen molar-refractivity contribution in [2.24, 2.45) is 11.7 Å². The van der Waals surface area contributed by atoms with Gasteiger partial charge in [0.25, 0.3) is 0 Å². The van der Waals surface area contributed by atoms with Crippen molar-refractivity contribution >= 4 is 17.7 Å². The minimum Gasteiger partial charge on any atom is -0.464 e. The number of nitrogens with two attached hydrogens (primary N) is 1. The molecule has 2 rings (SSSR count). The Balaban J connectivity index is 2.32. The van der Waals surface area contributed by atoms with Gasteiger partial charge in [-0.15, -0.1) is 0 Å². The van der Waals surface area contributed by atoms with Gasteiger partial charge in [-0.2, -0.15) is 0 Å². The molecule has 0 saturated carbocycles. The highest BCUT2D eigenvalue weighted by Crippen LogP contribution is 2.37. The van der Waals surface area contributed by atoms with E-state index in [0.717, 1.165) is 5.76 Å². The van der Waals surface area contributed by atoms with E-state index in [1.165, 1.54) is 4.90 Å². The second-order valence-electron chi connectivity index (χ2n) is 7.45. The molecule has 0 aromatic carbocycles. The summed E-state index contributed by atoms with van der Waals surface area (Å²) in [6.45, 7) is 7.25. The van der Waals surface area contributed by atoms with Gasteiger partial charge >= 0.3 is 0 Å². The maximum absolute atomic E-state index is 13.4. The number of likely N-dealkylation sites (N-methyl/N-ethyl adjacent to an activating group) is 1. The van der Waals surface area contributed by atoms with Gasteiger partial charge in [-0.3, -0.25) is 14.4 Å². The van der Waals surface area contributed by atoms with Crippen LogP contribution in [0.5, 0.6) is 0 Å². The molecule has 0 spiro atoms. The number of furan rings is 1. The molecule has 1 saturated heterocycles. The molecule has 0 radical (unpaired) electrons. The standard InChI is InChI=1S/C19H30N4O4/c1-10(2)16(22-18(25)12(4)21-5)19(26)23-13(7-8-14(23)17(20)24)15-9-6-11(3)27-15/h6,9-10,12-14,16,21H,7-8H2,1-5H3,(H2,20,24)(H,22,25)/t12-,13?,14?,16-/m0/s1. The first-order chi connectivity index (χ1) is 12.7. The Labute approximate surface area is 159 Å². The molecular formula is C19H30N4O4. The summed E-state index contributed by atoms with van der Waals surface area (Å²) in [5.41, 5.74) is 5.56. The van der Waals surface area contributed by atoms with Gasteiger partial charge in [0, 0.05) is 0 Å². The number of nitrogens with zero attached hydrogens (tertiary/aromatic N) is 1. The van der Waals surface area contributed by atoms with E-state index >= 15 is 0 Å². The van der Waals surface area contributed by atoms with Crippen molar-refractivity contribution < 1.29 is 18.8 Å². The number of nitrogens with one attached hydrogen (secondary N) is 2. The molecule has 8 heteroatoms. The molecule has 2 unspecified atom stereocenters. The van der Waals surface area contributed by atoms with Crippen molar-refractivity contribution in [2.75, 3.05) is 7.05 Å². The zero-order valence-corrected chi connectivity index (χ0v) is 16.6. The highest BCUT2D eigenvalue weighted by molar-refractivity contribution is 5.93. The third-order valence-electron chi connectivity index (χ3n) is 5.11. The Morgan fingerprint density at radius 3 is 2.37 bits per heavy atom. The molecule has 1 fully saturated rings. The molecule has 0 bridgehead atoms. The average molecular weight is 378 g/mol. The number of carbonyl (C=O) groups excluding carboxylic acids is 3. The van der Waals surface area contributed by atoms with Gasteiger partial charge in [0.15, 0.2) is 0 Å². The summed E-state index contributed by atoms with van der Waals surface area (Å²) in [6.07, 6.45) is 1.05. The van der Waals surface area contributed by atoms with E-state index in [9.17, 15) is 14.4 Å². The third-order valence-corrected chi connectivity index (χ3v) is 5.11. The summed E-state index contributed by atoms with van der Waals surface area (Å²) in [4.78, 5) is 39.2. The smallest absolute Gasteiger partial charge is 0.246 e. The maximum atomic E-state index is 13.4. The first-order valence-electron chi connectivity index (χ1n) is 9.32. The van der Waals surface area contributed by atoms with Gasteiger partial charge in [-0.1, -0.05) is 13.8 Å². The number of aryl methyl sites for hydroxylation is 1. The van der Waals surface area contributed by atoms with Crippen LogP contribution in [0.3, 0.4) is 0 Å². The van der Waals surface area contributed by atoms with Crippen molar-refractivity contribution in [3.05, 3.63) is 23.7 Å². The van der Waals surface area contributed by atoms with Crippen LogP contribution >= 0.6 is 0 Å². The van der Waals surface area contributed by atoms with Gasteiger partial charge in [0.2, 0.25) is 17.7 Å². The minimum atomic E-state index is -0.758. The molecule has 2 heterocycles. The Hall–Kier alpha value is -2.35. The zero-order chi connectivity index (χ0) is 20.3. The van der Waals surface area contributed by atoms with E-state index in [4.69, 9.17) is 10.2 Å². The van der Waals surface area contributed by atoms with Gasteiger partial charge in [0.05, 0.1) is 12.1 Å². The Morgan fingerprint density at radius 1 is 1.22 bits per heavy atom. The Bertz CT molecular complexity index is 700. The fourth-order valence-electron chi connectivity index (χ4n) is 3.39. The van der Waals surface area contributed by atoms with Gasteiger partial charge in [-0.25, -0.2) is 0 Å². The predicted molar refractivity (Wildman–Crippen MR) is 101 cm³/mol. The van der Waals surface area contributed by atoms with Crippen LogP contribution in [-0.2, 0) is 14.4 Å². The lowest BCUT2D eigenvalue weighted by atomic mass is 10.0. The molecule has 1 aliphatic heterocycles. The van der Waals surface area contributed by atoms with Crippen LogP contribution < -0.4 is 16.4 Å². The predicted octanol–water partition coefficient (Wildman–Crippen LogP) is 0.854. The molecule has 150 valence electrons. The summed E-state index contributed by atoms with van der Waals surface area (Å²) >= 11 is 0. The molecule has 4 N–H and O–H groups in total. The Kier molecular flexibility index (Phi) is 6.64. The summed E-state index contributed by atoms with van der Waals surface area (Å²) in [5.74, 6) is 0.0652. The third kappa shape index (κ3) is 4.50. The van der Waals surface area contributed by atoms with E-state index in [0.29, 0.717) is 18.6 Å². The summed E-state index contributed by atoms with van der Waals surface area (Å²) in [7, 11) is 1.68. The van der Waals surface area contributed by atoms with E-state index in [1.54, 1.807) is 14.0 Å². The lowest BCUT2D eigenvalue weighted by molar-refractivity contribution is -0.144. The number of hydrogen-bond donors (Lipinski definition) is 3. The topological polar surface area (TPSA) is 118 Å². The zero-order valence-electron chi connectivity index (χ0n) is 16.6. The maximum Gasteiger partial charge on any atom is 0.246 e. The molecular weight excluding hydrogens is 348 g/mol. The largest absolute Gasteiger partial charge is 0.464 e. The molecule has 1 aromatic rings.